The van der Waals surface area contributed by atoms with Crippen molar-refractivity contribution in [1.29, 1.82) is 0 Å². The summed E-state index contributed by atoms with van der Waals surface area (Å²) in [5.41, 5.74) is -0.0432. The molecule has 0 unspecified atom stereocenters. The molecule has 2 aromatic rings. The first-order valence-electron chi connectivity index (χ1n) is 6.71. The first-order valence-corrected chi connectivity index (χ1v) is 7.59. The van der Waals surface area contributed by atoms with Crippen LogP contribution in [0.4, 0.5) is 18.3 Å². The van der Waals surface area contributed by atoms with Gasteiger partial charge in [-0.25, -0.2) is 9.67 Å². The first kappa shape index (κ1) is 17.4. The third-order valence-corrected chi connectivity index (χ3v) is 3.80. The second kappa shape index (κ2) is 5.91. The van der Waals surface area contributed by atoms with Gasteiger partial charge in [-0.2, -0.15) is 13.2 Å². The Labute approximate surface area is 134 Å². The lowest BCUT2D eigenvalue weighted by Gasteiger charge is -2.20. The predicted octanol–water partition coefficient (Wildman–Crippen LogP) is 3.01. The zero-order valence-corrected chi connectivity index (χ0v) is 13.9. The van der Waals surface area contributed by atoms with Crippen LogP contribution in [0, 0.1) is 6.92 Å². The van der Waals surface area contributed by atoms with Gasteiger partial charge in [0, 0.05) is 5.38 Å². The van der Waals surface area contributed by atoms with E-state index in [1.54, 1.807) is 12.3 Å². The average molecular weight is 347 g/mol. The van der Waals surface area contributed by atoms with Gasteiger partial charge in [0.25, 0.3) is 5.91 Å². The molecule has 0 aliphatic rings. The number of halogens is 3. The second-order valence-electron chi connectivity index (χ2n) is 6.00. The minimum Gasteiger partial charge on any atom is -0.273 e. The zero-order chi connectivity index (χ0) is 17.4. The molecule has 1 amide bonds. The van der Waals surface area contributed by atoms with Crippen molar-refractivity contribution in [2.45, 2.75) is 39.4 Å². The highest BCUT2D eigenvalue weighted by atomic mass is 32.1. The van der Waals surface area contributed by atoms with Gasteiger partial charge < -0.3 is 0 Å². The Kier molecular flexibility index (Phi) is 4.47. The molecule has 0 aromatic carbocycles. The van der Waals surface area contributed by atoms with Crippen LogP contribution in [0.2, 0.25) is 0 Å². The van der Waals surface area contributed by atoms with Crippen molar-refractivity contribution < 1.29 is 18.0 Å². The minimum absolute atomic E-state index is 0.0184. The van der Waals surface area contributed by atoms with Crippen molar-refractivity contribution in [2.75, 3.05) is 11.4 Å². The fourth-order valence-corrected chi connectivity index (χ4v) is 2.50. The molecule has 10 heteroatoms. The molecule has 0 spiro atoms. The lowest BCUT2D eigenvalue weighted by atomic mass is 10.1. The molecule has 126 valence electrons. The Morgan fingerprint density at radius 3 is 2.43 bits per heavy atom. The summed E-state index contributed by atoms with van der Waals surface area (Å²) in [6.07, 6.45) is -3.21. The summed E-state index contributed by atoms with van der Waals surface area (Å²) in [5.74, 6) is -0.882. The maximum atomic E-state index is 12.8. The van der Waals surface area contributed by atoms with Crippen LogP contribution in [0.15, 0.2) is 11.6 Å². The third-order valence-electron chi connectivity index (χ3n) is 2.82. The van der Waals surface area contributed by atoms with Crippen molar-refractivity contribution in [2.24, 2.45) is 0 Å². The molecule has 0 aliphatic carbocycles. The third kappa shape index (κ3) is 4.27. The maximum Gasteiger partial charge on any atom is 0.406 e. The van der Waals surface area contributed by atoms with Gasteiger partial charge in [-0.1, -0.05) is 5.21 Å². The van der Waals surface area contributed by atoms with Gasteiger partial charge in [-0.05, 0) is 27.7 Å². The molecule has 6 nitrogen and oxygen atoms in total. The molecule has 0 saturated heterocycles. The number of hydrogen-bond donors (Lipinski definition) is 0. The van der Waals surface area contributed by atoms with Crippen LogP contribution >= 0.6 is 11.3 Å². The van der Waals surface area contributed by atoms with E-state index in [0.29, 0.717) is 10.6 Å². The van der Waals surface area contributed by atoms with Crippen LogP contribution in [0.5, 0.6) is 0 Å². The van der Waals surface area contributed by atoms with Crippen molar-refractivity contribution >= 4 is 22.4 Å². The lowest BCUT2D eigenvalue weighted by molar-refractivity contribution is -0.118. The number of hydrogen-bond acceptors (Lipinski definition) is 5. The number of aromatic nitrogens is 4. The Morgan fingerprint density at radius 2 is 2.00 bits per heavy atom. The Hall–Kier alpha value is -1.97. The van der Waals surface area contributed by atoms with Gasteiger partial charge in [0.1, 0.15) is 6.54 Å². The number of alkyl halides is 3. The summed E-state index contributed by atoms with van der Waals surface area (Å²) in [7, 11) is 0. The molecule has 23 heavy (non-hydrogen) atoms. The normalized spacial score (nSPS) is 12.5. The molecule has 2 rings (SSSR count). The molecule has 2 aromatic heterocycles. The number of carbonyl (C=O) groups excluding carboxylic acids is 1. The van der Waals surface area contributed by atoms with Crippen LogP contribution < -0.4 is 4.90 Å². The smallest absolute Gasteiger partial charge is 0.273 e. The van der Waals surface area contributed by atoms with Gasteiger partial charge in [-0.3, -0.25) is 9.69 Å². The van der Waals surface area contributed by atoms with Crippen LogP contribution in [0.25, 0.3) is 0 Å². The van der Waals surface area contributed by atoms with Crippen molar-refractivity contribution in [3.63, 3.8) is 0 Å². The predicted molar refractivity (Wildman–Crippen MR) is 79.6 cm³/mol. The van der Waals surface area contributed by atoms with E-state index < -0.39 is 24.2 Å². The Balaban J connectivity index is 2.35. The molecule has 0 N–H and O–H groups in total. The van der Waals surface area contributed by atoms with E-state index in [1.807, 2.05) is 20.8 Å². The fraction of sp³-hybridized carbons (Fsp3) is 0.538. The summed E-state index contributed by atoms with van der Waals surface area (Å²) >= 11 is 0.973. The van der Waals surface area contributed by atoms with Crippen molar-refractivity contribution in [3.05, 3.63) is 23.0 Å². The summed E-state index contributed by atoms with van der Waals surface area (Å²) in [6.45, 7) is 5.74. The molecule has 0 radical (unpaired) electrons. The Morgan fingerprint density at radius 1 is 1.35 bits per heavy atom. The van der Waals surface area contributed by atoms with Gasteiger partial charge >= 0.3 is 6.18 Å². The van der Waals surface area contributed by atoms with Gasteiger partial charge in [0.2, 0.25) is 0 Å². The standard InChI is InChI=1S/C13H16F3N5OS/c1-8-6-23-11(17-8)20(7-13(14,15)16)10(22)9-5-21(19-18-9)12(2,3)4/h5-6H,7H2,1-4H3. The van der Waals surface area contributed by atoms with E-state index in [0.717, 1.165) is 11.3 Å². The number of amides is 1. The van der Waals surface area contributed by atoms with Crippen molar-refractivity contribution in [1.82, 2.24) is 20.0 Å². The molecule has 0 saturated carbocycles. The lowest BCUT2D eigenvalue weighted by Crippen LogP contribution is -2.39. The number of anilines is 1. The van der Waals surface area contributed by atoms with Crippen molar-refractivity contribution in [3.8, 4) is 0 Å². The van der Waals surface area contributed by atoms with E-state index in [4.69, 9.17) is 0 Å². The Bertz CT molecular complexity index is 701. The molecule has 0 atom stereocenters. The molecule has 0 fully saturated rings. The topological polar surface area (TPSA) is 63.9 Å². The summed E-state index contributed by atoms with van der Waals surface area (Å²) in [5, 5.41) is 9.07. The van der Waals surface area contributed by atoms with Gasteiger partial charge in [0.15, 0.2) is 10.8 Å². The summed E-state index contributed by atoms with van der Waals surface area (Å²) in [4.78, 5) is 17.0. The van der Waals surface area contributed by atoms with E-state index in [1.165, 1.54) is 10.9 Å². The highest BCUT2D eigenvalue weighted by molar-refractivity contribution is 7.14. The number of nitrogens with zero attached hydrogens (tertiary/aromatic N) is 5. The van der Waals surface area contributed by atoms with E-state index in [2.05, 4.69) is 15.3 Å². The van der Waals surface area contributed by atoms with Crippen LogP contribution in [0.1, 0.15) is 37.0 Å². The molecule has 0 aliphatic heterocycles. The molecule has 2 heterocycles. The second-order valence-corrected chi connectivity index (χ2v) is 6.83. The summed E-state index contributed by atoms with van der Waals surface area (Å²) in [6, 6.07) is 0. The SMILES string of the molecule is Cc1csc(N(CC(F)(F)F)C(=O)c2cn(C(C)(C)C)nn2)n1. The highest BCUT2D eigenvalue weighted by Gasteiger charge is 2.36. The van der Waals surface area contributed by atoms with E-state index >= 15 is 0 Å². The number of aryl methyl sites for hydroxylation is 1. The molecular weight excluding hydrogens is 331 g/mol. The number of rotatable bonds is 3. The highest BCUT2D eigenvalue weighted by Crippen LogP contribution is 2.26. The van der Waals surface area contributed by atoms with Gasteiger partial charge in [0.05, 0.1) is 17.4 Å². The number of thiazole rings is 1. The molecule has 0 bridgehead atoms. The van der Waals surface area contributed by atoms with E-state index in [-0.39, 0.29) is 10.8 Å². The average Bonchev–Trinajstić information content (AvgIpc) is 3.02. The fourth-order valence-electron chi connectivity index (χ4n) is 1.70. The largest absolute Gasteiger partial charge is 0.406 e. The zero-order valence-electron chi connectivity index (χ0n) is 13.0. The quantitative estimate of drug-likeness (QED) is 0.856. The van der Waals surface area contributed by atoms with Crippen LogP contribution in [-0.2, 0) is 5.54 Å². The maximum absolute atomic E-state index is 12.8. The van der Waals surface area contributed by atoms with Crippen LogP contribution in [-0.4, -0.2) is 38.6 Å². The van der Waals surface area contributed by atoms with Crippen LogP contribution in [0.3, 0.4) is 0 Å². The monoisotopic (exact) mass is 347 g/mol. The molecular formula is C13H16F3N5OS. The first-order chi connectivity index (χ1) is 10.5. The summed E-state index contributed by atoms with van der Waals surface area (Å²) < 4.78 is 39.9. The van der Waals surface area contributed by atoms with Gasteiger partial charge in [-0.15, -0.1) is 16.4 Å². The van der Waals surface area contributed by atoms with E-state index in [9.17, 15) is 18.0 Å². The minimum atomic E-state index is -4.55. The number of carbonyl (C=O) groups is 1.